The molecule has 0 saturated carbocycles. The minimum absolute atomic E-state index is 0.0738. The van der Waals surface area contributed by atoms with E-state index in [2.05, 4.69) is 21.4 Å². The highest BCUT2D eigenvalue weighted by atomic mass is 79.9. The lowest BCUT2D eigenvalue weighted by Gasteiger charge is -2.23. The van der Waals surface area contributed by atoms with Crippen LogP contribution < -0.4 is 11.0 Å². The Morgan fingerprint density at radius 3 is 2.87 bits per heavy atom. The summed E-state index contributed by atoms with van der Waals surface area (Å²) in [4.78, 5) is 30.3. The maximum absolute atomic E-state index is 12.6. The fourth-order valence-electron chi connectivity index (χ4n) is 3.42. The number of nitrogens with zero attached hydrogens (tertiary/aromatic N) is 1. The van der Waals surface area contributed by atoms with Gasteiger partial charge in [-0.3, -0.25) is 9.59 Å². The fourth-order valence-corrected chi connectivity index (χ4v) is 4.83. The lowest BCUT2D eigenvalue weighted by atomic mass is 10.1. The normalized spacial score (nSPS) is 18.3. The number of aromatic nitrogens is 1. The van der Waals surface area contributed by atoms with Crippen molar-refractivity contribution in [2.24, 2.45) is 0 Å². The maximum Gasteiger partial charge on any atom is 0.261 e. The van der Waals surface area contributed by atoms with E-state index < -0.39 is 27.3 Å². The van der Waals surface area contributed by atoms with Gasteiger partial charge in [0.1, 0.15) is 5.25 Å². The Labute approximate surface area is 183 Å². The Bertz CT molecular complexity index is 1060. The van der Waals surface area contributed by atoms with Crippen LogP contribution in [0.5, 0.6) is 0 Å². The van der Waals surface area contributed by atoms with Gasteiger partial charge in [0.05, 0.1) is 0 Å². The summed E-state index contributed by atoms with van der Waals surface area (Å²) in [5.74, 6) is -0.720. The van der Waals surface area contributed by atoms with Gasteiger partial charge in [0.2, 0.25) is 0 Å². The number of sulfone groups is 1. The van der Waals surface area contributed by atoms with Gasteiger partial charge in [-0.2, -0.15) is 0 Å². The number of aryl methyl sites for hydroxylation is 1. The van der Waals surface area contributed by atoms with Gasteiger partial charge in [-0.25, -0.2) is 18.7 Å². The predicted octanol–water partition coefficient (Wildman–Crippen LogP) is 2.53. The van der Waals surface area contributed by atoms with E-state index >= 15 is 0 Å². The number of hydrogen-bond acceptors (Lipinski definition) is 6. The smallest absolute Gasteiger partial charge is 0.261 e. The van der Waals surface area contributed by atoms with E-state index in [0.717, 1.165) is 29.0 Å². The van der Waals surface area contributed by atoms with Crippen LogP contribution in [-0.4, -0.2) is 43.3 Å². The van der Waals surface area contributed by atoms with E-state index in [9.17, 15) is 18.0 Å². The third-order valence-corrected chi connectivity index (χ3v) is 7.02. The molecule has 2 aromatic rings. The minimum atomic E-state index is -3.65. The molecule has 2 atom stereocenters. The van der Waals surface area contributed by atoms with Crippen molar-refractivity contribution in [2.45, 2.75) is 50.2 Å². The molecule has 164 valence electrons. The van der Waals surface area contributed by atoms with E-state index in [-0.39, 0.29) is 12.0 Å². The molecule has 0 unspecified atom stereocenters. The van der Waals surface area contributed by atoms with E-state index in [0.29, 0.717) is 31.4 Å². The Morgan fingerprint density at radius 1 is 1.37 bits per heavy atom. The lowest BCUT2D eigenvalue weighted by Crippen LogP contribution is -2.42. The number of halogens is 1. The predicted molar refractivity (Wildman–Crippen MR) is 117 cm³/mol. The quantitative estimate of drug-likeness (QED) is 0.558. The molecule has 10 heteroatoms. The van der Waals surface area contributed by atoms with Crippen LogP contribution in [0.3, 0.4) is 0 Å². The third-order valence-electron chi connectivity index (χ3n) is 5.04. The number of nitrogens with one attached hydrogen (secondary N) is 1. The van der Waals surface area contributed by atoms with Gasteiger partial charge in [-0.15, -0.1) is 0 Å². The van der Waals surface area contributed by atoms with Gasteiger partial charge in [0.25, 0.3) is 11.5 Å². The van der Waals surface area contributed by atoms with Crippen molar-refractivity contribution < 1.29 is 22.8 Å². The van der Waals surface area contributed by atoms with Gasteiger partial charge in [-0.1, -0.05) is 15.9 Å². The molecule has 30 heavy (non-hydrogen) atoms. The molecule has 1 aromatic heterocycles. The number of hydrogen-bond donors (Lipinski definition) is 1. The third kappa shape index (κ3) is 5.90. The number of amides is 1. The van der Waals surface area contributed by atoms with Crippen molar-refractivity contribution in [1.82, 2.24) is 10.0 Å². The highest BCUT2D eigenvalue weighted by Gasteiger charge is 2.29. The van der Waals surface area contributed by atoms with Gasteiger partial charge in [0, 0.05) is 41.9 Å². The Balaban J connectivity index is 1.61. The molecule has 2 heterocycles. The fraction of sp³-hybridized carbons (Fsp3) is 0.500. The van der Waals surface area contributed by atoms with Crippen LogP contribution in [0, 0.1) is 0 Å². The molecule has 0 bridgehead atoms. The largest absolute Gasteiger partial charge is 0.350 e. The molecule has 1 N–H and O–H groups in total. The topological polar surface area (TPSA) is 104 Å². The number of carbonyl (C=O) groups is 1. The van der Waals surface area contributed by atoms with E-state index in [1.165, 1.54) is 4.57 Å². The summed E-state index contributed by atoms with van der Waals surface area (Å²) in [5.41, 5.74) is 2.08. The first-order valence-electron chi connectivity index (χ1n) is 9.80. The SMILES string of the molecule is CS(=O)(=O)[C@H](CCCn1ccc2cc(Br)ccc2c1=O)C(=O)NO[C@@H]1CCCCO1. The first-order valence-corrected chi connectivity index (χ1v) is 12.5. The maximum atomic E-state index is 12.6. The summed E-state index contributed by atoms with van der Waals surface area (Å²) in [7, 11) is -3.65. The molecular weight excluding hydrogens is 476 g/mol. The zero-order valence-corrected chi connectivity index (χ0v) is 19.1. The summed E-state index contributed by atoms with van der Waals surface area (Å²) in [6, 6.07) is 7.24. The highest BCUT2D eigenvalue weighted by molar-refractivity contribution is 9.10. The first kappa shape index (κ1) is 22.9. The van der Waals surface area contributed by atoms with Crippen molar-refractivity contribution in [3.8, 4) is 0 Å². The number of hydroxylamine groups is 1. The molecule has 1 aliphatic heterocycles. The van der Waals surface area contributed by atoms with Gasteiger partial charge < -0.3 is 9.30 Å². The molecule has 1 saturated heterocycles. The summed E-state index contributed by atoms with van der Waals surface area (Å²) in [6.45, 7) is 0.851. The van der Waals surface area contributed by atoms with Crippen LogP contribution in [-0.2, 0) is 30.8 Å². The first-order chi connectivity index (χ1) is 14.3. The number of ether oxygens (including phenoxy) is 1. The zero-order valence-electron chi connectivity index (χ0n) is 16.7. The Morgan fingerprint density at radius 2 is 2.17 bits per heavy atom. The number of pyridine rings is 1. The summed E-state index contributed by atoms with van der Waals surface area (Å²) < 4.78 is 32.0. The average molecular weight is 501 g/mol. The van der Waals surface area contributed by atoms with Crippen molar-refractivity contribution in [3.05, 3.63) is 45.3 Å². The number of fused-ring (bicyclic) bond motifs is 1. The number of carbonyl (C=O) groups excluding carboxylic acids is 1. The Hall–Kier alpha value is -1.75. The van der Waals surface area contributed by atoms with Gasteiger partial charge in [0.15, 0.2) is 16.1 Å². The van der Waals surface area contributed by atoms with Crippen LogP contribution in [0.15, 0.2) is 39.7 Å². The van der Waals surface area contributed by atoms with E-state index in [4.69, 9.17) is 9.57 Å². The molecule has 1 fully saturated rings. The van der Waals surface area contributed by atoms with Crippen molar-refractivity contribution in [1.29, 1.82) is 0 Å². The molecule has 0 aliphatic carbocycles. The molecule has 0 radical (unpaired) electrons. The zero-order chi connectivity index (χ0) is 21.7. The van der Waals surface area contributed by atoms with E-state index in [1.807, 2.05) is 12.1 Å². The molecule has 3 rings (SSSR count). The summed E-state index contributed by atoms with van der Waals surface area (Å²) in [6.07, 6.45) is 5.06. The second kappa shape index (κ2) is 10.0. The monoisotopic (exact) mass is 500 g/mol. The van der Waals surface area contributed by atoms with Gasteiger partial charge in [-0.05, 0) is 55.3 Å². The number of rotatable bonds is 8. The minimum Gasteiger partial charge on any atom is -0.350 e. The van der Waals surface area contributed by atoms with Crippen molar-refractivity contribution in [3.63, 3.8) is 0 Å². The van der Waals surface area contributed by atoms with E-state index in [1.54, 1.807) is 18.3 Å². The second-order valence-electron chi connectivity index (χ2n) is 7.39. The van der Waals surface area contributed by atoms with Crippen molar-refractivity contribution >= 4 is 42.4 Å². The number of benzene rings is 1. The highest BCUT2D eigenvalue weighted by Crippen LogP contribution is 2.17. The molecule has 8 nitrogen and oxygen atoms in total. The average Bonchev–Trinajstić information content (AvgIpc) is 2.70. The van der Waals surface area contributed by atoms with Crippen LogP contribution in [0.25, 0.3) is 10.8 Å². The van der Waals surface area contributed by atoms with Crippen LogP contribution in [0.2, 0.25) is 0 Å². The van der Waals surface area contributed by atoms with Crippen LogP contribution >= 0.6 is 15.9 Å². The summed E-state index contributed by atoms with van der Waals surface area (Å²) >= 11 is 3.38. The second-order valence-corrected chi connectivity index (χ2v) is 10.5. The lowest BCUT2D eigenvalue weighted by molar-refractivity contribution is -0.200. The van der Waals surface area contributed by atoms with Gasteiger partial charge >= 0.3 is 0 Å². The molecule has 1 aliphatic rings. The molecule has 0 spiro atoms. The molecular formula is C20H25BrN2O6S. The molecule has 1 amide bonds. The van der Waals surface area contributed by atoms with Crippen LogP contribution in [0.1, 0.15) is 32.1 Å². The summed E-state index contributed by atoms with van der Waals surface area (Å²) in [5, 5.41) is 0.147. The molecule has 1 aromatic carbocycles. The van der Waals surface area contributed by atoms with Crippen molar-refractivity contribution in [2.75, 3.05) is 12.9 Å². The Kier molecular flexibility index (Phi) is 7.67. The van der Waals surface area contributed by atoms with Crippen LogP contribution in [0.4, 0.5) is 0 Å². The standard InChI is InChI=1S/C20H25BrN2O6S/c1-30(26,27)17(19(24)22-29-18-6-2-3-12-28-18)5-4-10-23-11-9-14-13-15(21)7-8-16(14)20(23)25/h7-9,11,13,17-18H,2-6,10,12H2,1H3,(H,22,24)/t17-,18-/m1/s1.